The van der Waals surface area contributed by atoms with Gasteiger partial charge in [-0.1, -0.05) is 30.3 Å². The van der Waals surface area contributed by atoms with Crippen molar-refractivity contribution in [2.75, 3.05) is 55.2 Å². The van der Waals surface area contributed by atoms with E-state index in [1.165, 1.54) is 28.4 Å². The molecule has 0 aliphatic carbocycles. The highest BCUT2D eigenvalue weighted by molar-refractivity contribution is 6.21. The fraction of sp³-hybridized carbons (Fsp3) is 0.323. The molecule has 3 rings (SSSR count). The monoisotopic (exact) mass is 567 g/mol. The van der Waals surface area contributed by atoms with Crippen molar-refractivity contribution in [1.29, 1.82) is 0 Å². The van der Waals surface area contributed by atoms with E-state index in [1.54, 1.807) is 49.6 Å². The van der Waals surface area contributed by atoms with E-state index in [4.69, 9.17) is 33.2 Å². The normalized spacial score (nSPS) is 12.7. The molecule has 10 nitrogen and oxygen atoms in total. The molecule has 10 heteroatoms. The van der Waals surface area contributed by atoms with Crippen molar-refractivity contribution in [3.63, 3.8) is 0 Å². The number of aliphatic hydroxyl groups is 1. The summed E-state index contributed by atoms with van der Waals surface area (Å²) in [6.45, 7) is 0.723. The molecule has 0 fully saturated rings. The fourth-order valence-corrected chi connectivity index (χ4v) is 3.90. The quantitative estimate of drug-likeness (QED) is 0.115. The van der Waals surface area contributed by atoms with E-state index in [0.29, 0.717) is 52.0 Å². The van der Waals surface area contributed by atoms with Gasteiger partial charge in [-0.15, -0.1) is 0 Å². The summed E-state index contributed by atoms with van der Waals surface area (Å²) in [7, 11) is 7.45. The zero-order valence-electron chi connectivity index (χ0n) is 23.9. The third-order valence-electron chi connectivity index (χ3n) is 5.98. The van der Waals surface area contributed by atoms with Gasteiger partial charge in [-0.2, -0.15) is 0 Å². The lowest BCUT2D eigenvalue weighted by Crippen LogP contribution is -2.38. The van der Waals surface area contributed by atoms with Crippen LogP contribution in [-0.4, -0.2) is 78.7 Å². The first-order valence-corrected chi connectivity index (χ1v) is 12.9. The highest BCUT2D eigenvalue weighted by atomic mass is 16.7. The van der Waals surface area contributed by atoms with Crippen molar-refractivity contribution in [3.05, 3.63) is 77.9 Å². The van der Waals surface area contributed by atoms with Crippen molar-refractivity contribution < 1.29 is 43.1 Å². The number of esters is 1. The molecule has 0 aromatic heterocycles. The first-order valence-electron chi connectivity index (χ1n) is 12.9. The molecule has 220 valence electrons. The molecular formula is C31H37NO9. The van der Waals surface area contributed by atoms with Gasteiger partial charge in [0.1, 0.15) is 24.2 Å². The molecule has 0 radical (unpaired) electrons. The summed E-state index contributed by atoms with van der Waals surface area (Å²) >= 11 is 0. The number of nitrogens with one attached hydrogen (secondary N) is 1. The molecule has 0 bridgehead atoms. The van der Waals surface area contributed by atoms with Crippen LogP contribution in [0.3, 0.4) is 0 Å². The Morgan fingerprint density at radius 3 is 2.07 bits per heavy atom. The van der Waals surface area contributed by atoms with Crippen molar-refractivity contribution in [2.24, 2.45) is 0 Å². The number of benzene rings is 3. The summed E-state index contributed by atoms with van der Waals surface area (Å²) in [5.74, 6) is 2.08. The van der Waals surface area contributed by atoms with Crippen molar-refractivity contribution in [1.82, 2.24) is 5.32 Å². The first kappa shape index (κ1) is 31.3. The van der Waals surface area contributed by atoms with Crippen LogP contribution < -0.4 is 29.0 Å². The predicted molar refractivity (Wildman–Crippen MR) is 155 cm³/mol. The smallest absolute Gasteiger partial charge is 0.338 e. The van der Waals surface area contributed by atoms with Gasteiger partial charge in [-0.3, -0.25) is 0 Å². The standard InChI is InChI=1S/C31H37NO9/c1-35-27-16-21(17-28(36-2)30(27)38-4)15-26(31(34)39-5)22-11-13-24(14-12-22)40-20-23(33)18-32-19-29(37-3)41-25-9-7-6-8-10-25/h6-17,23,29,32-33H,18-20H2,1-5H3. The van der Waals surface area contributed by atoms with E-state index in [2.05, 4.69) is 5.32 Å². The molecule has 0 saturated heterocycles. The Bertz CT molecular complexity index is 1240. The maximum Gasteiger partial charge on any atom is 0.338 e. The first-order chi connectivity index (χ1) is 19.9. The summed E-state index contributed by atoms with van der Waals surface area (Å²) in [6.07, 6.45) is 0.404. The van der Waals surface area contributed by atoms with Crippen LogP contribution in [0.5, 0.6) is 28.7 Å². The lowest BCUT2D eigenvalue weighted by molar-refractivity contribution is -0.133. The maximum atomic E-state index is 12.7. The molecule has 2 N–H and O–H groups in total. The summed E-state index contributed by atoms with van der Waals surface area (Å²) in [6, 6.07) is 19.7. The minimum Gasteiger partial charge on any atom is -0.493 e. The number of hydrogen-bond acceptors (Lipinski definition) is 10. The average molecular weight is 568 g/mol. The zero-order valence-corrected chi connectivity index (χ0v) is 23.9. The van der Waals surface area contributed by atoms with Crippen LogP contribution in [0.15, 0.2) is 66.7 Å². The number of methoxy groups -OCH3 is 5. The van der Waals surface area contributed by atoms with Gasteiger partial charge in [0.15, 0.2) is 11.5 Å². The van der Waals surface area contributed by atoms with Gasteiger partial charge in [-0.25, -0.2) is 4.79 Å². The summed E-state index contributed by atoms with van der Waals surface area (Å²) < 4.78 is 38.1. The third kappa shape index (κ3) is 9.14. The molecule has 0 heterocycles. The van der Waals surface area contributed by atoms with E-state index < -0.39 is 18.4 Å². The Morgan fingerprint density at radius 1 is 0.854 bits per heavy atom. The van der Waals surface area contributed by atoms with Gasteiger partial charge in [0, 0.05) is 13.7 Å². The average Bonchev–Trinajstić information content (AvgIpc) is 3.01. The summed E-state index contributed by atoms with van der Waals surface area (Å²) in [4.78, 5) is 12.7. The summed E-state index contributed by atoms with van der Waals surface area (Å²) in [5.41, 5.74) is 1.59. The second-order valence-corrected chi connectivity index (χ2v) is 8.75. The molecule has 0 aliphatic rings. The number of carbonyl (C=O) groups is 1. The van der Waals surface area contributed by atoms with E-state index >= 15 is 0 Å². The molecule has 41 heavy (non-hydrogen) atoms. The zero-order chi connectivity index (χ0) is 29.6. The van der Waals surface area contributed by atoms with Crippen LogP contribution in [0.1, 0.15) is 11.1 Å². The molecule has 3 aromatic carbocycles. The lowest BCUT2D eigenvalue weighted by Gasteiger charge is -2.19. The van der Waals surface area contributed by atoms with Gasteiger partial charge in [-0.05, 0) is 53.6 Å². The molecule has 3 aromatic rings. The molecule has 0 saturated carbocycles. The van der Waals surface area contributed by atoms with E-state index in [1.807, 2.05) is 30.3 Å². The van der Waals surface area contributed by atoms with Gasteiger partial charge >= 0.3 is 5.97 Å². The van der Waals surface area contributed by atoms with Crippen LogP contribution in [0.25, 0.3) is 11.6 Å². The Hall–Kier alpha value is -4.25. The highest BCUT2D eigenvalue weighted by Gasteiger charge is 2.17. The Labute approximate surface area is 240 Å². The summed E-state index contributed by atoms with van der Waals surface area (Å²) in [5, 5.41) is 13.5. The Morgan fingerprint density at radius 2 is 1.51 bits per heavy atom. The fourth-order valence-electron chi connectivity index (χ4n) is 3.90. The minimum atomic E-state index is -0.769. The number of aliphatic hydroxyl groups excluding tert-OH is 1. The number of rotatable bonds is 16. The SMILES string of the molecule is COC(=O)C(=Cc1cc(OC)c(OC)c(OC)c1)c1ccc(OCC(O)CNCC(OC)Oc2ccccc2)cc1. The van der Waals surface area contributed by atoms with Gasteiger partial charge in [0.05, 0.1) is 40.6 Å². The lowest BCUT2D eigenvalue weighted by atomic mass is 10.0. The second kappa shape index (κ2) is 16.1. The molecule has 0 amide bonds. The van der Waals surface area contributed by atoms with Crippen molar-refractivity contribution in [2.45, 2.75) is 12.4 Å². The third-order valence-corrected chi connectivity index (χ3v) is 5.98. The molecule has 0 aliphatic heterocycles. The van der Waals surface area contributed by atoms with Crippen molar-refractivity contribution in [3.8, 4) is 28.7 Å². The van der Waals surface area contributed by atoms with E-state index in [0.717, 1.165) is 0 Å². The second-order valence-electron chi connectivity index (χ2n) is 8.75. The van der Waals surface area contributed by atoms with E-state index in [-0.39, 0.29) is 13.2 Å². The largest absolute Gasteiger partial charge is 0.493 e. The van der Waals surface area contributed by atoms with Crippen LogP contribution in [0.4, 0.5) is 0 Å². The molecule has 0 spiro atoms. The van der Waals surface area contributed by atoms with Crippen LogP contribution in [0, 0.1) is 0 Å². The Kier molecular flexibility index (Phi) is 12.3. The number of ether oxygens (including phenoxy) is 7. The van der Waals surface area contributed by atoms with Gasteiger partial charge < -0.3 is 43.6 Å². The molecule has 2 atom stereocenters. The van der Waals surface area contributed by atoms with Gasteiger partial charge in [0.2, 0.25) is 12.0 Å². The highest BCUT2D eigenvalue weighted by Crippen LogP contribution is 2.39. The predicted octanol–water partition coefficient (Wildman–Crippen LogP) is 3.81. The number of para-hydroxylation sites is 1. The molecule has 2 unspecified atom stereocenters. The van der Waals surface area contributed by atoms with Crippen LogP contribution in [0.2, 0.25) is 0 Å². The Balaban J connectivity index is 1.60. The van der Waals surface area contributed by atoms with E-state index in [9.17, 15) is 9.90 Å². The van der Waals surface area contributed by atoms with Crippen LogP contribution in [-0.2, 0) is 14.3 Å². The van der Waals surface area contributed by atoms with Crippen molar-refractivity contribution >= 4 is 17.6 Å². The minimum absolute atomic E-state index is 0.0642. The van der Waals surface area contributed by atoms with Gasteiger partial charge in [0.25, 0.3) is 0 Å². The molecular weight excluding hydrogens is 530 g/mol. The number of carbonyl (C=O) groups excluding carboxylic acids is 1. The number of hydrogen-bond donors (Lipinski definition) is 2. The van der Waals surface area contributed by atoms with Crippen LogP contribution >= 0.6 is 0 Å². The maximum absolute atomic E-state index is 12.7. The topological polar surface area (TPSA) is 114 Å².